The van der Waals surface area contributed by atoms with E-state index in [-0.39, 0.29) is 36.2 Å². The fraction of sp³-hybridized carbons (Fsp3) is 0.833. The third-order valence-electron chi connectivity index (χ3n) is 16.0. The van der Waals surface area contributed by atoms with Gasteiger partial charge >= 0.3 is 5.97 Å². The largest absolute Gasteiger partial charge is 0.451 e. The monoisotopic (exact) mass is 808 g/mol. The van der Waals surface area contributed by atoms with Gasteiger partial charge in [0.2, 0.25) is 0 Å². The van der Waals surface area contributed by atoms with Gasteiger partial charge < -0.3 is 69.6 Å². The molecule has 2 saturated heterocycles. The lowest BCUT2D eigenvalue weighted by molar-refractivity contribution is -0.337. The molecule has 5 fully saturated rings. The van der Waals surface area contributed by atoms with E-state index in [2.05, 4.69) is 33.4 Å². The summed E-state index contributed by atoms with van der Waals surface area (Å²) in [7, 11) is 0. The first kappa shape index (κ1) is 43.3. The first-order chi connectivity index (χ1) is 26.9. The number of aliphatic hydroxyl groups is 9. The van der Waals surface area contributed by atoms with E-state index in [9.17, 15) is 50.8 Å². The Labute approximate surface area is 333 Å². The Morgan fingerprint density at radius 1 is 0.912 bits per heavy atom. The zero-order valence-electron chi connectivity index (χ0n) is 33.4. The van der Waals surface area contributed by atoms with E-state index in [1.807, 2.05) is 6.92 Å². The molecule has 9 N–H and O–H groups in total. The van der Waals surface area contributed by atoms with Crippen molar-refractivity contribution in [2.24, 2.45) is 40.4 Å². The van der Waals surface area contributed by atoms with Crippen molar-refractivity contribution >= 4 is 5.97 Å². The van der Waals surface area contributed by atoms with Gasteiger partial charge in [-0.15, -0.1) is 0 Å². The summed E-state index contributed by atoms with van der Waals surface area (Å²) in [6.45, 7) is 11.3. The number of esters is 1. The van der Waals surface area contributed by atoms with E-state index >= 15 is 0 Å². The van der Waals surface area contributed by atoms with Crippen molar-refractivity contribution in [2.45, 2.75) is 158 Å². The van der Waals surface area contributed by atoms with Crippen molar-refractivity contribution in [3.05, 3.63) is 35.5 Å². The highest BCUT2D eigenvalue weighted by Gasteiger charge is 2.63. The highest BCUT2D eigenvalue weighted by Crippen LogP contribution is 2.68. The minimum Gasteiger partial charge on any atom is -0.451 e. The topological polar surface area (TPSA) is 245 Å². The van der Waals surface area contributed by atoms with E-state index in [1.54, 1.807) is 6.08 Å². The van der Waals surface area contributed by atoms with Crippen LogP contribution >= 0.6 is 0 Å². The molecule has 7 rings (SSSR count). The summed E-state index contributed by atoms with van der Waals surface area (Å²) in [5, 5.41) is 94.3. The number of allylic oxidation sites excluding steroid dienone is 1. The first-order valence-corrected chi connectivity index (χ1v) is 20.8. The lowest BCUT2D eigenvalue weighted by Crippen LogP contribution is -2.62. The average Bonchev–Trinajstić information content (AvgIpc) is 3.54. The van der Waals surface area contributed by atoms with Crippen LogP contribution in [0.2, 0.25) is 0 Å². The minimum absolute atomic E-state index is 0.00619. The Balaban J connectivity index is 1.02. The fourth-order valence-electron chi connectivity index (χ4n) is 12.5. The zero-order valence-corrected chi connectivity index (χ0v) is 33.4. The molecule has 0 aromatic heterocycles. The molecule has 15 heteroatoms. The van der Waals surface area contributed by atoms with Crippen LogP contribution in [0.5, 0.6) is 0 Å². The predicted octanol–water partition coefficient (Wildman–Crippen LogP) is 0.362. The molecule has 0 bridgehead atoms. The molecular formula is C42H64O15. The third-order valence-corrected chi connectivity index (χ3v) is 16.0. The number of hydrogen-bond donors (Lipinski definition) is 9. The number of fused-ring (bicyclic) bond motifs is 5. The van der Waals surface area contributed by atoms with Crippen LogP contribution in [0.3, 0.4) is 0 Å². The van der Waals surface area contributed by atoms with Gasteiger partial charge in [-0.05, 0) is 80.6 Å². The van der Waals surface area contributed by atoms with Gasteiger partial charge in [-0.3, -0.25) is 0 Å². The maximum absolute atomic E-state index is 13.0. The van der Waals surface area contributed by atoms with Crippen LogP contribution in [0, 0.1) is 40.4 Å². The molecule has 0 amide bonds. The summed E-state index contributed by atoms with van der Waals surface area (Å²) in [6.07, 6.45) is -6.45. The number of ether oxygens (including phenoxy) is 5. The Morgan fingerprint density at radius 2 is 1.58 bits per heavy atom. The Bertz CT molecular complexity index is 1570. The number of cyclic esters (lactones) is 1. The second-order valence-corrected chi connectivity index (χ2v) is 18.5. The predicted molar refractivity (Wildman–Crippen MR) is 200 cm³/mol. The number of rotatable bonds is 10. The Hall–Kier alpha value is -1.83. The van der Waals surface area contributed by atoms with Crippen LogP contribution in [0.25, 0.3) is 0 Å². The van der Waals surface area contributed by atoms with E-state index in [0.29, 0.717) is 30.3 Å². The second kappa shape index (κ2) is 16.2. The van der Waals surface area contributed by atoms with E-state index in [1.165, 1.54) is 0 Å². The van der Waals surface area contributed by atoms with Crippen LogP contribution in [0.15, 0.2) is 35.5 Å². The molecule has 57 heavy (non-hydrogen) atoms. The highest BCUT2D eigenvalue weighted by molar-refractivity contribution is 5.91. The van der Waals surface area contributed by atoms with Crippen molar-refractivity contribution in [3.8, 4) is 0 Å². The highest BCUT2D eigenvalue weighted by atomic mass is 16.7. The number of hydrogen-bond acceptors (Lipinski definition) is 15. The molecular weight excluding hydrogens is 744 g/mol. The molecule has 0 spiro atoms. The molecule has 322 valence electrons. The normalized spacial score (nSPS) is 50.6. The molecule has 20 unspecified atom stereocenters. The summed E-state index contributed by atoms with van der Waals surface area (Å²) < 4.78 is 29.2. The SMILES string of the molecule is C=CC1(C(C)C2CCC3C4CC=C5CC(OC6OC(COC7OC(CO)C(O)C(O)C7O)C(O)C(O)C6O)CC(O)C5(C)C4CCC32C)CC(C)=C(CO)C(=O)O1. The van der Waals surface area contributed by atoms with Crippen LogP contribution in [-0.2, 0) is 28.5 Å². The van der Waals surface area contributed by atoms with Gasteiger partial charge in [-0.25, -0.2) is 4.79 Å². The standard InChI is InChI=1S/C42H64O15/c1-6-42(15-19(2)24(16-43)37(52)57-42)20(3)25-9-10-26-23-8-7-21-13-22(14-30(45)41(21,5)27(23)11-12-40(25,26)4)54-39-36(51)34(49)32(47)29(56-39)18-53-38-35(50)33(48)31(46)28(17-44)55-38/h6-7,20,22-23,25-36,38-39,43-51H,1,8-18H2,2-5H3. The van der Waals surface area contributed by atoms with Crippen molar-refractivity contribution in [2.75, 3.05) is 19.8 Å². The van der Waals surface area contributed by atoms with Crippen LogP contribution < -0.4 is 0 Å². The second-order valence-electron chi connectivity index (χ2n) is 18.5. The molecule has 4 aliphatic carbocycles. The summed E-state index contributed by atoms with van der Waals surface area (Å²) in [5.41, 5.74) is 0.911. The van der Waals surface area contributed by atoms with Crippen molar-refractivity contribution in [1.29, 1.82) is 0 Å². The first-order valence-electron chi connectivity index (χ1n) is 20.8. The minimum atomic E-state index is -1.68. The van der Waals surface area contributed by atoms with Gasteiger partial charge in [0, 0.05) is 24.2 Å². The van der Waals surface area contributed by atoms with E-state index < -0.39 is 104 Å². The molecule has 3 heterocycles. The molecule has 3 aliphatic heterocycles. The van der Waals surface area contributed by atoms with Crippen molar-refractivity contribution in [3.63, 3.8) is 0 Å². The smallest absolute Gasteiger partial charge is 0.337 e. The van der Waals surface area contributed by atoms with E-state index in [0.717, 1.165) is 43.3 Å². The molecule has 0 radical (unpaired) electrons. The summed E-state index contributed by atoms with van der Waals surface area (Å²) in [4.78, 5) is 13.0. The summed E-state index contributed by atoms with van der Waals surface area (Å²) in [5.74, 6) is 0.819. The molecule has 0 aromatic carbocycles. The Kier molecular flexibility index (Phi) is 12.3. The number of carbonyl (C=O) groups excluding carboxylic acids is 1. The molecule has 7 aliphatic rings. The number of aliphatic hydroxyl groups excluding tert-OH is 9. The molecule has 3 saturated carbocycles. The molecule has 0 aromatic rings. The lowest BCUT2D eigenvalue weighted by atomic mass is 9.46. The summed E-state index contributed by atoms with van der Waals surface area (Å²) >= 11 is 0. The van der Waals surface area contributed by atoms with Crippen LogP contribution in [0.4, 0.5) is 0 Å². The lowest BCUT2D eigenvalue weighted by Gasteiger charge is -2.60. The average molecular weight is 809 g/mol. The maximum atomic E-state index is 13.0. The summed E-state index contributed by atoms with van der Waals surface area (Å²) in [6, 6.07) is 0. The number of carbonyl (C=O) groups is 1. The van der Waals surface area contributed by atoms with Crippen LogP contribution in [0.1, 0.15) is 79.1 Å². The third kappa shape index (κ3) is 7.09. The van der Waals surface area contributed by atoms with Gasteiger partial charge in [0.25, 0.3) is 0 Å². The van der Waals surface area contributed by atoms with Crippen LogP contribution in [-0.4, -0.2) is 151 Å². The molecule has 15 nitrogen and oxygen atoms in total. The fourth-order valence-corrected chi connectivity index (χ4v) is 12.5. The van der Waals surface area contributed by atoms with Gasteiger partial charge in [-0.1, -0.05) is 44.6 Å². The van der Waals surface area contributed by atoms with Gasteiger partial charge in [0.05, 0.1) is 37.6 Å². The van der Waals surface area contributed by atoms with Gasteiger partial charge in [-0.2, -0.15) is 0 Å². The van der Waals surface area contributed by atoms with Gasteiger partial charge in [0.1, 0.15) is 54.4 Å². The van der Waals surface area contributed by atoms with E-state index in [4.69, 9.17) is 23.7 Å². The zero-order chi connectivity index (χ0) is 41.4. The van der Waals surface area contributed by atoms with Crippen molar-refractivity contribution < 1.29 is 74.4 Å². The maximum Gasteiger partial charge on any atom is 0.337 e. The van der Waals surface area contributed by atoms with Gasteiger partial charge in [0.15, 0.2) is 12.6 Å². The Morgan fingerprint density at radius 3 is 2.23 bits per heavy atom. The quantitative estimate of drug-likeness (QED) is 0.107. The molecule has 20 atom stereocenters. The van der Waals surface area contributed by atoms with Crippen molar-refractivity contribution in [1.82, 2.24) is 0 Å².